The minimum absolute atomic E-state index is 0. The number of ketones is 1. The van der Waals surface area contributed by atoms with E-state index in [0.29, 0.717) is 0 Å². The second-order valence-electron chi connectivity index (χ2n) is 9.20. The van der Waals surface area contributed by atoms with E-state index < -0.39 is 0 Å². The van der Waals surface area contributed by atoms with E-state index in [4.69, 9.17) is 0 Å². The zero-order valence-corrected chi connectivity index (χ0v) is 23.7. The molecule has 0 amide bonds. The van der Waals surface area contributed by atoms with Crippen LogP contribution in [0.3, 0.4) is 0 Å². The molecule has 1 unspecified atom stereocenters. The second-order valence-corrected chi connectivity index (χ2v) is 9.20. The van der Waals surface area contributed by atoms with Crippen LogP contribution in [-0.2, 0) is 37.5 Å². The van der Waals surface area contributed by atoms with E-state index in [-0.39, 0.29) is 55.2 Å². The fourth-order valence-electron chi connectivity index (χ4n) is 2.40. The molecule has 0 spiro atoms. The number of hydrogen-bond acceptors (Lipinski definition) is 1. The summed E-state index contributed by atoms with van der Waals surface area (Å²) in [7, 11) is 0. The van der Waals surface area contributed by atoms with Gasteiger partial charge in [-0.3, -0.25) is 0 Å². The predicted octanol–water partition coefficient (Wildman–Crippen LogP) is 8.48. The first-order valence-corrected chi connectivity index (χ1v) is 11.1. The van der Waals surface area contributed by atoms with Crippen LogP contribution in [0.2, 0.25) is 0 Å². The van der Waals surface area contributed by atoms with Crippen molar-refractivity contribution < 1.29 is 37.5 Å². The van der Waals surface area contributed by atoms with Gasteiger partial charge in [-0.05, 0) is 18.3 Å². The summed E-state index contributed by atoms with van der Waals surface area (Å²) in [5.74, 6) is 6.47. The third-order valence-electron chi connectivity index (χ3n) is 3.80. The maximum atomic E-state index is 11.8. The first kappa shape index (κ1) is 35.8. The van der Waals surface area contributed by atoms with Gasteiger partial charge in [0.15, 0.2) is 0 Å². The normalized spacial score (nSPS) is 14.2. The summed E-state index contributed by atoms with van der Waals surface area (Å²) >= 11 is 0. The van der Waals surface area contributed by atoms with Crippen molar-refractivity contribution in [3.05, 3.63) is 13.8 Å². The molecule has 1 radical (unpaired) electrons. The van der Waals surface area contributed by atoms with Gasteiger partial charge in [0.2, 0.25) is 0 Å². The van der Waals surface area contributed by atoms with Gasteiger partial charge in [-0.1, -0.05) is 88.0 Å². The molecule has 0 aromatic heterocycles. The number of carbonyl (C=O) groups excluding carboxylic acids is 1. The van der Waals surface area contributed by atoms with Crippen molar-refractivity contribution in [3.63, 3.8) is 0 Å². The van der Waals surface area contributed by atoms with E-state index in [0.717, 1.165) is 25.7 Å². The van der Waals surface area contributed by atoms with Crippen molar-refractivity contribution in [3.8, 4) is 11.8 Å². The Balaban J connectivity index is -0.000000164. The molecule has 0 fully saturated rings. The average Bonchev–Trinajstić information content (AvgIpc) is 2.54. The van der Waals surface area contributed by atoms with Gasteiger partial charge in [-0.15, -0.1) is 17.8 Å². The summed E-state index contributed by atoms with van der Waals surface area (Å²) in [5.41, 5.74) is -0.0645. The molecule has 165 valence electrons. The standard InChI is InChI=1S/C12H23O.C8H12.C4H9.C2H6.Y/c1-9(8-11(2,3)4)10(13)12(5,6)7;1-2-4-6-8-7-5-3-1;1-3-4-2;1-2;/h9H,1,8H2,2-7H3;1-6H2;1,3-4H2,2H3;1-2H3;/q-1;;-1;;. The smallest absolute Gasteiger partial charge is 0.111 e. The van der Waals surface area contributed by atoms with E-state index in [1.165, 1.54) is 32.1 Å². The van der Waals surface area contributed by atoms with Gasteiger partial charge in [-0.25, -0.2) is 0 Å². The van der Waals surface area contributed by atoms with E-state index in [2.05, 4.69) is 53.4 Å². The zero-order valence-electron chi connectivity index (χ0n) is 20.8. The number of Topliss-reactive ketones (excluding diaryl/α,β-unsaturated/α-hetero) is 1. The summed E-state index contributed by atoms with van der Waals surface area (Å²) in [6, 6.07) is 0. The van der Waals surface area contributed by atoms with Crippen LogP contribution < -0.4 is 0 Å². The largest absolute Gasteiger partial charge is 0.343 e. The minimum atomic E-state index is -0.252. The van der Waals surface area contributed by atoms with E-state index in [1.54, 1.807) is 0 Å². The van der Waals surface area contributed by atoms with Crippen molar-refractivity contribution in [2.45, 2.75) is 120 Å². The van der Waals surface area contributed by atoms with Gasteiger partial charge in [0.25, 0.3) is 0 Å². The van der Waals surface area contributed by atoms with Crippen LogP contribution in [0.25, 0.3) is 0 Å². The molecule has 0 saturated carbocycles. The summed E-state index contributed by atoms with van der Waals surface area (Å²) < 4.78 is 0. The number of hydrogen-bond donors (Lipinski definition) is 0. The summed E-state index contributed by atoms with van der Waals surface area (Å²) in [5, 5.41) is 0. The maximum absolute atomic E-state index is 11.8. The third-order valence-corrected chi connectivity index (χ3v) is 3.80. The molecule has 1 rings (SSSR count). The average molecular weight is 468 g/mol. The van der Waals surface area contributed by atoms with Crippen LogP contribution in [-0.4, -0.2) is 5.78 Å². The molecular formula is C26H50OY-2. The van der Waals surface area contributed by atoms with Gasteiger partial charge in [0, 0.05) is 51.0 Å². The fraction of sp³-hybridized carbons (Fsp3) is 0.808. The van der Waals surface area contributed by atoms with Gasteiger partial charge in [0.1, 0.15) is 5.78 Å². The van der Waals surface area contributed by atoms with Gasteiger partial charge in [0.05, 0.1) is 0 Å². The van der Waals surface area contributed by atoms with Gasteiger partial charge < -0.3 is 18.6 Å². The molecule has 1 aliphatic rings. The Morgan fingerprint density at radius 2 is 1.29 bits per heavy atom. The van der Waals surface area contributed by atoms with Crippen LogP contribution >= 0.6 is 0 Å². The van der Waals surface area contributed by atoms with Crippen molar-refractivity contribution in [1.29, 1.82) is 0 Å². The van der Waals surface area contributed by atoms with Crippen LogP contribution in [0, 0.1) is 42.4 Å². The van der Waals surface area contributed by atoms with E-state index in [9.17, 15) is 4.79 Å². The zero-order chi connectivity index (χ0) is 21.9. The second kappa shape index (κ2) is 22.0. The first-order valence-electron chi connectivity index (χ1n) is 11.1. The quantitative estimate of drug-likeness (QED) is 0.300. The third kappa shape index (κ3) is 28.5. The Morgan fingerprint density at radius 1 is 0.929 bits per heavy atom. The molecule has 0 saturated heterocycles. The summed E-state index contributed by atoms with van der Waals surface area (Å²) in [6.07, 6.45) is 10.9. The summed E-state index contributed by atoms with van der Waals surface area (Å²) in [6.45, 7) is 25.9. The molecule has 0 aromatic rings. The number of carbonyl (C=O) groups is 1. The van der Waals surface area contributed by atoms with Gasteiger partial charge in [-0.2, -0.15) is 6.42 Å². The van der Waals surface area contributed by atoms with Crippen LogP contribution in [0.1, 0.15) is 120 Å². The Labute approximate surface area is 204 Å². The molecule has 1 nitrogen and oxygen atoms in total. The van der Waals surface area contributed by atoms with Crippen LogP contribution in [0.4, 0.5) is 0 Å². The van der Waals surface area contributed by atoms with Crippen molar-refractivity contribution in [1.82, 2.24) is 0 Å². The maximum Gasteiger partial charge on any atom is 0.111 e. The predicted molar refractivity (Wildman–Crippen MR) is 124 cm³/mol. The fourth-order valence-corrected chi connectivity index (χ4v) is 2.40. The molecule has 1 atom stereocenters. The molecule has 2 heteroatoms. The SMILES string of the molecule is C1#CCCCCCC1.CC.[CH2-]C(CC(C)(C)C)C(=O)C(C)(C)C.[CH2-]CCC.[Y]. The summed E-state index contributed by atoms with van der Waals surface area (Å²) in [4.78, 5) is 11.8. The first-order chi connectivity index (χ1) is 12.5. The van der Waals surface area contributed by atoms with Crippen LogP contribution in [0.15, 0.2) is 0 Å². The van der Waals surface area contributed by atoms with Crippen molar-refractivity contribution >= 4 is 5.78 Å². The van der Waals surface area contributed by atoms with Crippen molar-refractivity contribution in [2.75, 3.05) is 0 Å². The number of rotatable bonds is 3. The Morgan fingerprint density at radius 3 is 1.54 bits per heavy atom. The monoisotopic (exact) mass is 467 g/mol. The van der Waals surface area contributed by atoms with E-state index >= 15 is 0 Å². The van der Waals surface area contributed by atoms with Crippen LogP contribution in [0.5, 0.6) is 0 Å². The molecule has 0 aromatic carbocycles. The molecule has 0 heterocycles. The molecule has 0 aliphatic heterocycles. The Kier molecular flexibility index (Phi) is 28.1. The van der Waals surface area contributed by atoms with E-state index in [1.807, 2.05) is 34.6 Å². The van der Waals surface area contributed by atoms with Crippen molar-refractivity contribution in [2.24, 2.45) is 16.7 Å². The molecular weight excluding hydrogens is 417 g/mol. The van der Waals surface area contributed by atoms with Gasteiger partial charge >= 0.3 is 0 Å². The molecule has 0 bridgehead atoms. The Bertz CT molecular complexity index is 373. The molecule has 28 heavy (non-hydrogen) atoms. The number of unbranched alkanes of at least 4 members (excludes halogenated alkanes) is 1. The molecule has 0 N–H and O–H groups in total. The molecule has 1 aliphatic carbocycles. The minimum Gasteiger partial charge on any atom is -0.343 e. The Hall–Kier alpha value is 0.334. The topological polar surface area (TPSA) is 17.1 Å².